The first-order valence-electron chi connectivity index (χ1n) is 10.7. The Balaban J connectivity index is 1.32. The number of hydrogen-bond donors (Lipinski definition) is 1. The molecule has 2 aromatic carbocycles. The number of benzene rings is 2. The van der Waals surface area contributed by atoms with Gasteiger partial charge in [0.1, 0.15) is 11.6 Å². The van der Waals surface area contributed by atoms with Gasteiger partial charge < -0.3 is 9.32 Å². The van der Waals surface area contributed by atoms with Gasteiger partial charge in [0.2, 0.25) is 0 Å². The van der Waals surface area contributed by atoms with Crippen molar-refractivity contribution in [2.75, 3.05) is 26.2 Å². The highest BCUT2D eigenvalue weighted by Crippen LogP contribution is 2.20. The molecule has 0 aliphatic carbocycles. The number of piperazine rings is 1. The molecule has 1 aliphatic heterocycles. The van der Waals surface area contributed by atoms with Crippen LogP contribution in [0.5, 0.6) is 0 Å². The van der Waals surface area contributed by atoms with Crippen molar-refractivity contribution in [3.63, 3.8) is 0 Å². The second-order valence-electron chi connectivity index (χ2n) is 8.07. The molecule has 1 fully saturated rings. The zero-order chi connectivity index (χ0) is 22.8. The van der Waals surface area contributed by atoms with Gasteiger partial charge in [-0.3, -0.25) is 14.5 Å². The highest BCUT2D eigenvalue weighted by molar-refractivity contribution is 5.95. The molecule has 1 saturated heterocycles. The monoisotopic (exact) mass is 447 g/mol. The quantitative estimate of drug-likeness (QED) is 0.505. The third-order valence-corrected chi connectivity index (χ3v) is 5.93. The Kier molecular flexibility index (Phi) is 5.70. The first-order chi connectivity index (χ1) is 16.1. The molecule has 0 unspecified atom stereocenters. The maximum atomic E-state index is 14.6. The van der Waals surface area contributed by atoms with Crippen molar-refractivity contribution in [2.45, 2.75) is 13.0 Å². The molecule has 0 saturated carbocycles. The predicted molar refractivity (Wildman–Crippen MR) is 119 cm³/mol. The highest BCUT2D eigenvalue weighted by atomic mass is 19.1. The Hall–Kier alpha value is -3.85. The summed E-state index contributed by atoms with van der Waals surface area (Å²) in [5.74, 6) is -0.100. The topological polar surface area (TPSA) is 95.3 Å². The van der Waals surface area contributed by atoms with Crippen LogP contribution in [0.15, 0.2) is 64.3 Å². The van der Waals surface area contributed by atoms with E-state index < -0.39 is 5.82 Å². The molecule has 0 radical (unpaired) electrons. The number of hydrogen-bond acceptors (Lipinski definition) is 6. The van der Waals surface area contributed by atoms with Gasteiger partial charge in [0, 0.05) is 38.0 Å². The summed E-state index contributed by atoms with van der Waals surface area (Å²) in [5, 5.41) is 7.98. The number of aromatic nitrogens is 3. The van der Waals surface area contributed by atoms with Gasteiger partial charge in [-0.25, -0.2) is 14.5 Å². The summed E-state index contributed by atoms with van der Waals surface area (Å²) in [6, 6.07) is 11.7. The van der Waals surface area contributed by atoms with E-state index in [4.69, 9.17) is 4.42 Å². The largest absolute Gasteiger partial charge is 0.447 e. The minimum absolute atomic E-state index is 0.0462. The maximum Gasteiger partial charge on any atom is 0.272 e. The van der Waals surface area contributed by atoms with Gasteiger partial charge in [0.05, 0.1) is 29.4 Å². The average Bonchev–Trinajstić information content (AvgIpc) is 3.35. The van der Waals surface area contributed by atoms with Crippen LogP contribution in [0, 0.1) is 5.82 Å². The fourth-order valence-corrected chi connectivity index (χ4v) is 4.17. The minimum atomic E-state index is -0.549. The van der Waals surface area contributed by atoms with Gasteiger partial charge in [0.15, 0.2) is 6.39 Å². The standard InChI is InChI=1S/C24H22FN5O3/c25-21-6-5-16(12-22-18-3-1-2-4-19(18)23(31)28-27-22)11-20(21)24(32)30-9-7-29(8-10-30)14-17-13-26-15-33-17/h1-6,11,13,15H,7-10,12,14H2,(H,28,31). The van der Waals surface area contributed by atoms with Crippen LogP contribution < -0.4 is 5.56 Å². The van der Waals surface area contributed by atoms with Crippen molar-refractivity contribution < 1.29 is 13.6 Å². The molecule has 1 N–H and O–H groups in total. The van der Waals surface area contributed by atoms with E-state index in [1.165, 1.54) is 12.5 Å². The summed E-state index contributed by atoms with van der Waals surface area (Å²) in [4.78, 5) is 32.9. The fourth-order valence-electron chi connectivity index (χ4n) is 4.17. The van der Waals surface area contributed by atoms with E-state index in [-0.39, 0.29) is 17.0 Å². The van der Waals surface area contributed by atoms with Crippen LogP contribution in [-0.4, -0.2) is 57.1 Å². The van der Waals surface area contributed by atoms with Gasteiger partial charge in [-0.2, -0.15) is 5.10 Å². The zero-order valence-electron chi connectivity index (χ0n) is 17.8. The van der Waals surface area contributed by atoms with E-state index >= 15 is 0 Å². The molecule has 9 heteroatoms. The molecule has 33 heavy (non-hydrogen) atoms. The second kappa shape index (κ2) is 8.95. The third-order valence-electron chi connectivity index (χ3n) is 5.93. The first-order valence-corrected chi connectivity index (χ1v) is 10.7. The lowest BCUT2D eigenvalue weighted by Gasteiger charge is -2.34. The van der Waals surface area contributed by atoms with Crippen LogP contribution in [0.1, 0.15) is 27.4 Å². The summed E-state index contributed by atoms with van der Waals surface area (Å²) >= 11 is 0. The van der Waals surface area contributed by atoms with Crippen LogP contribution in [0.25, 0.3) is 10.8 Å². The number of aromatic amines is 1. The number of fused-ring (bicyclic) bond motifs is 1. The number of carbonyl (C=O) groups is 1. The summed E-state index contributed by atoms with van der Waals surface area (Å²) in [5.41, 5.74) is 1.20. The maximum absolute atomic E-state index is 14.6. The van der Waals surface area contributed by atoms with Gasteiger partial charge in [-0.05, 0) is 23.8 Å². The van der Waals surface area contributed by atoms with Crippen molar-refractivity contribution in [3.8, 4) is 0 Å². The number of nitrogens with one attached hydrogen (secondary N) is 1. The molecule has 3 heterocycles. The Morgan fingerprint density at radius 2 is 1.88 bits per heavy atom. The number of oxazole rings is 1. The molecule has 8 nitrogen and oxygen atoms in total. The highest BCUT2D eigenvalue weighted by Gasteiger charge is 2.25. The lowest BCUT2D eigenvalue weighted by atomic mass is 10.0. The smallest absolute Gasteiger partial charge is 0.272 e. The number of H-pyrrole nitrogens is 1. The lowest BCUT2D eigenvalue weighted by molar-refractivity contribution is 0.0615. The van der Waals surface area contributed by atoms with E-state index in [0.717, 1.165) is 16.7 Å². The Bertz CT molecular complexity index is 1340. The van der Waals surface area contributed by atoms with Crippen molar-refractivity contribution >= 4 is 16.7 Å². The molecule has 1 aliphatic rings. The van der Waals surface area contributed by atoms with Crippen molar-refractivity contribution in [3.05, 3.63) is 93.8 Å². The van der Waals surface area contributed by atoms with Crippen LogP contribution >= 0.6 is 0 Å². The summed E-state index contributed by atoms with van der Waals surface area (Å²) < 4.78 is 19.9. The Labute approximate surface area is 188 Å². The van der Waals surface area contributed by atoms with Gasteiger partial charge in [-0.1, -0.05) is 24.3 Å². The van der Waals surface area contributed by atoms with E-state index in [1.54, 1.807) is 35.4 Å². The van der Waals surface area contributed by atoms with E-state index in [0.29, 0.717) is 50.2 Å². The average molecular weight is 447 g/mol. The van der Waals surface area contributed by atoms with E-state index in [2.05, 4.69) is 20.1 Å². The van der Waals surface area contributed by atoms with Crippen molar-refractivity contribution in [1.29, 1.82) is 0 Å². The molecular formula is C24H22FN5O3. The van der Waals surface area contributed by atoms with Crippen LogP contribution in [0.2, 0.25) is 0 Å². The number of halogens is 1. The third kappa shape index (κ3) is 4.40. The Morgan fingerprint density at radius 1 is 1.09 bits per heavy atom. The molecule has 168 valence electrons. The van der Waals surface area contributed by atoms with Crippen molar-refractivity contribution in [2.24, 2.45) is 0 Å². The first kappa shape index (κ1) is 21.0. The van der Waals surface area contributed by atoms with E-state index in [9.17, 15) is 14.0 Å². The lowest BCUT2D eigenvalue weighted by Crippen LogP contribution is -2.48. The molecule has 4 aromatic rings. The number of carbonyl (C=O) groups excluding carboxylic acids is 1. The van der Waals surface area contributed by atoms with Crippen molar-refractivity contribution in [1.82, 2.24) is 25.0 Å². The van der Waals surface area contributed by atoms with Gasteiger partial charge in [-0.15, -0.1) is 0 Å². The fraction of sp³-hybridized carbons (Fsp3) is 0.250. The van der Waals surface area contributed by atoms with Crippen LogP contribution in [-0.2, 0) is 13.0 Å². The molecule has 0 bridgehead atoms. The molecule has 2 aromatic heterocycles. The van der Waals surface area contributed by atoms with Gasteiger partial charge >= 0.3 is 0 Å². The predicted octanol–water partition coefficient (Wildman–Crippen LogP) is 2.60. The second-order valence-corrected chi connectivity index (χ2v) is 8.07. The Morgan fingerprint density at radius 3 is 2.64 bits per heavy atom. The summed E-state index contributed by atoms with van der Waals surface area (Å²) in [6.07, 6.45) is 3.44. The molecule has 1 amide bonds. The molecule has 0 spiro atoms. The molecule has 0 atom stereocenters. The zero-order valence-corrected chi connectivity index (χ0v) is 17.8. The van der Waals surface area contributed by atoms with Gasteiger partial charge in [0.25, 0.3) is 11.5 Å². The SMILES string of the molecule is O=C(c1cc(Cc2n[nH]c(=O)c3ccccc23)ccc1F)N1CCN(Cc2cnco2)CC1. The summed E-state index contributed by atoms with van der Waals surface area (Å²) in [6.45, 7) is 2.97. The number of nitrogens with zero attached hydrogens (tertiary/aromatic N) is 4. The molecule has 5 rings (SSSR count). The number of amides is 1. The van der Waals surface area contributed by atoms with Crippen LogP contribution in [0.4, 0.5) is 4.39 Å². The number of rotatable bonds is 5. The van der Waals surface area contributed by atoms with Crippen LogP contribution in [0.3, 0.4) is 0 Å². The summed E-state index contributed by atoms with van der Waals surface area (Å²) in [7, 11) is 0. The normalized spacial score (nSPS) is 14.6. The van der Waals surface area contributed by atoms with E-state index in [1.807, 2.05) is 12.1 Å². The minimum Gasteiger partial charge on any atom is -0.447 e. The molecular weight excluding hydrogens is 425 g/mol.